The number of hydrogen-bond acceptors (Lipinski definition) is 7. The zero-order valence-electron chi connectivity index (χ0n) is 19.2. The number of morpholine rings is 1. The molecule has 3 heterocycles. The van der Waals surface area contributed by atoms with Crippen molar-refractivity contribution < 1.29 is 28.2 Å². The molecule has 0 spiro atoms. The number of ether oxygens (including phenoxy) is 3. The molecule has 2 aliphatic heterocycles. The zero-order chi connectivity index (χ0) is 23.2. The van der Waals surface area contributed by atoms with E-state index in [0.29, 0.717) is 55.6 Å². The maximum Gasteiger partial charge on any atom is 0.289 e. The lowest BCUT2D eigenvalue weighted by Crippen LogP contribution is -2.50. The largest absolute Gasteiger partial charge is 0.493 e. The predicted molar refractivity (Wildman–Crippen MR) is 121 cm³/mol. The van der Waals surface area contributed by atoms with Crippen LogP contribution in [-0.2, 0) is 4.74 Å². The fourth-order valence-electron chi connectivity index (χ4n) is 4.37. The summed E-state index contributed by atoms with van der Waals surface area (Å²) in [6.07, 6.45) is 2.32. The van der Waals surface area contributed by atoms with Crippen molar-refractivity contribution in [1.82, 2.24) is 14.7 Å². The summed E-state index contributed by atoms with van der Waals surface area (Å²) in [7, 11) is 3.14. The highest BCUT2D eigenvalue weighted by Gasteiger charge is 2.29. The molecule has 0 bridgehead atoms. The molecule has 9 heteroatoms. The molecular formula is C24H31N3O6. The number of carbonyl (C=O) groups is 2. The van der Waals surface area contributed by atoms with Gasteiger partial charge in [0.1, 0.15) is 0 Å². The van der Waals surface area contributed by atoms with Crippen LogP contribution in [0.2, 0.25) is 0 Å². The van der Waals surface area contributed by atoms with Crippen LogP contribution < -0.4 is 9.47 Å². The van der Waals surface area contributed by atoms with Crippen molar-refractivity contribution in [3.05, 3.63) is 47.9 Å². The first kappa shape index (κ1) is 23.1. The summed E-state index contributed by atoms with van der Waals surface area (Å²) in [4.78, 5) is 31.7. The Bertz CT molecular complexity index is 948. The van der Waals surface area contributed by atoms with Gasteiger partial charge in [0.25, 0.3) is 11.8 Å². The maximum absolute atomic E-state index is 13.1. The third kappa shape index (κ3) is 5.48. The molecule has 33 heavy (non-hydrogen) atoms. The van der Waals surface area contributed by atoms with Crippen LogP contribution >= 0.6 is 0 Å². The van der Waals surface area contributed by atoms with E-state index in [-0.39, 0.29) is 17.9 Å². The fraction of sp³-hybridized carbons (Fsp3) is 0.500. The first-order valence-corrected chi connectivity index (χ1v) is 11.3. The van der Waals surface area contributed by atoms with Gasteiger partial charge < -0.3 is 28.4 Å². The second-order valence-corrected chi connectivity index (χ2v) is 8.24. The van der Waals surface area contributed by atoms with Gasteiger partial charge in [-0.05, 0) is 43.3 Å². The summed E-state index contributed by atoms with van der Waals surface area (Å²) >= 11 is 0. The van der Waals surface area contributed by atoms with Crippen molar-refractivity contribution in [2.24, 2.45) is 0 Å². The quantitative estimate of drug-likeness (QED) is 0.656. The Morgan fingerprint density at radius 2 is 1.82 bits per heavy atom. The van der Waals surface area contributed by atoms with Crippen molar-refractivity contribution in [3.63, 3.8) is 0 Å². The monoisotopic (exact) mass is 457 g/mol. The van der Waals surface area contributed by atoms with Crippen molar-refractivity contribution in [2.75, 3.05) is 66.6 Å². The third-order valence-corrected chi connectivity index (χ3v) is 6.13. The molecule has 1 aromatic carbocycles. The Morgan fingerprint density at radius 1 is 0.970 bits per heavy atom. The minimum atomic E-state index is -0.101. The number of methoxy groups -OCH3 is 2. The van der Waals surface area contributed by atoms with E-state index >= 15 is 0 Å². The molecule has 0 aliphatic carbocycles. The average Bonchev–Trinajstić information content (AvgIpc) is 3.30. The molecule has 1 aromatic heterocycles. The highest BCUT2D eigenvalue weighted by Crippen LogP contribution is 2.28. The summed E-state index contributed by atoms with van der Waals surface area (Å²) in [6.45, 7) is 5.28. The van der Waals surface area contributed by atoms with Gasteiger partial charge in [-0.1, -0.05) is 0 Å². The van der Waals surface area contributed by atoms with Gasteiger partial charge in [-0.2, -0.15) is 0 Å². The van der Waals surface area contributed by atoms with Crippen molar-refractivity contribution in [1.29, 1.82) is 0 Å². The van der Waals surface area contributed by atoms with E-state index in [4.69, 9.17) is 18.6 Å². The van der Waals surface area contributed by atoms with Crippen molar-refractivity contribution >= 4 is 11.8 Å². The van der Waals surface area contributed by atoms with Gasteiger partial charge in [-0.25, -0.2) is 0 Å². The van der Waals surface area contributed by atoms with Gasteiger partial charge in [-0.3, -0.25) is 14.5 Å². The molecule has 2 saturated heterocycles. The van der Waals surface area contributed by atoms with Gasteiger partial charge in [-0.15, -0.1) is 0 Å². The average molecular weight is 458 g/mol. The summed E-state index contributed by atoms with van der Waals surface area (Å²) in [6, 6.07) is 8.66. The Hall–Kier alpha value is -3.04. The normalized spacial score (nSPS) is 19.8. The summed E-state index contributed by atoms with van der Waals surface area (Å²) in [5.41, 5.74) is 0.587. The van der Waals surface area contributed by atoms with Crippen molar-refractivity contribution in [2.45, 2.75) is 12.5 Å². The number of amides is 2. The SMILES string of the molecule is COc1ccc(C(=O)N2CCCN(CC3CN(C(=O)c4ccco4)CCO3)CC2)cc1OC. The van der Waals surface area contributed by atoms with Crippen LogP contribution in [0.15, 0.2) is 41.0 Å². The molecule has 0 N–H and O–H groups in total. The van der Waals surface area contributed by atoms with Crippen LogP contribution in [0.3, 0.4) is 0 Å². The molecule has 1 atom stereocenters. The van der Waals surface area contributed by atoms with Gasteiger partial charge in [0, 0.05) is 44.8 Å². The standard InChI is InChI=1S/C24H31N3O6/c1-30-20-7-6-18(15-22(20)31-2)23(28)26-9-4-8-25(10-11-26)16-19-17-27(12-14-32-19)24(29)21-5-3-13-33-21/h3,5-7,13,15,19H,4,8-12,14,16-17H2,1-2H3. The minimum Gasteiger partial charge on any atom is -0.493 e. The molecule has 2 fully saturated rings. The van der Waals surface area contributed by atoms with Gasteiger partial charge in [0.2, 0.25) is 0 Å². The Balaban J connectivity index is 1.32. The minimum absolute atomic E-state index is 0.0121. The van der Waals surface area contributed by atoms with Crippen molar-refractivity contribution in [3.8, 4) is 11.5 Å². The summed E-state index contributed by atoms with van der Waals surface area (Å²) in [5, 5.41) is 0. The number of hydrogen-bond donors (Lipinski definition) is 0. The Labute approximate surface area is 193 Å². The molecule has 2 aromatic rings. The van der Waals surface area contributed by atoms with Crippen LogP contribution in [0.25, 0.3) is 0 Å². The molecule has 1 unspecified atom stereocenters. The Kier molecular flexibility index (Phi) is 7.51. The van der Waals surface area contributed by atoms with Crippen LogP contribution in [0.4, 0.5) is 0 Å². The predicted octanol–water partition coefficient (Wildman–Crippen LogP) is 1.99. The van der Waals surface area contributed by atoms with Crippen LogP contribution in [0.1, 0.15) is 27.3 Å². The van der Waals surface area contributed by atoms with Crippen LogP contribution in [0.5, 0.6) is 11.5 Å². The smallest absolute Gasteiger partial charge is 0.289 e. The summed E-state index contributed by atoms with van der Waals surface area (Å²) in [5.74, 6) is 1.39. The van der Waals surface area contributed by atoms with Crippen LogP contribution in [-0.4, -0.2) is 99.3 Å². The Morgan fingerprint density at radius 3 is 2.58 bits per heavy atom. The lowest BCUT2D eigenvalue weighted by molar-refractivity contribution is -0.0360. The second kappa shape index (κ2) is 10.7. The summed E-state index contributed by atoms with van der Waals surface area (Å²) < 4.78 is 21.8. The molecular weight excluding hydrogens is 426 g/mol. The number of nitrogens with zero attached hydrogens (tertiary/aromatic N) is 3. The van der Waals surface area contributed by atoms with E-state index in [2.05, 4.69) is 4.90 Å². The van der Waals surface area contributed by atoms with E-state index in [0.717, 1.165) is 26.1 Å². The van der Waals surface area contributed by atoms with E-state index in [1.807, 2.05) is 4.90 Å². The number of furan rings is 1. The first-order valence-electron chi connectivity index (χ1n) is 11.3. The topological polar surface area (TPSA) is 84.7 Å². The van der Waals surface area contributed by atoms with Gasteiger partial charge >= 0.3 is 0 Å². The second-order valence-electron chi connectivity index (χ2n) is 8.24. The number of carbonyl (C=O) groups excluding carboxylic acids is 2. The van der Waals surface area contributed by atoms with E-state index in [1.54, 1.807) is 49.5 Å². The molecule has 0 radical (unpaired) electrons. The third-order valence-electron chi connectivity index (χ3n) is 6.13. The first-order chi connectivity index (χ1) is 16.1. The number of benzene rings is 1. The molecule has 2 aliphatic rings. The maximum atomic E-state index is 13.1. The van der Waals surface area contributed by atoms with E-state index in [1.165, 1.54) is 6.26 Å². The molecule has 2 amide bonds. The van der Waals surface area contributed by atoms with E-state index < -0.39 is 0 Å². The highest BCUT2D eigenvalue weighted by atomic mass is 16.5. The lowest BCUT2D eigenvalue weighted by atomic mass is 10.1. The van der Waals surface area contributed by atoms with Gasteiger partial charge in [0.05, 0.1) is 33.2 Å². The molecule has 9 nitrogen and oxygen atoms in total. The van der Waals surface area contributed by atoms with E-state index in [9.17, 15) is 9.59 Å². The molecule has 0 saturated carbocycles. The molecule has 178 valence electrons. The van der Waals surface area contributed by atoms with Gasteiger partial charge in [0.15, 0.2) is 17.3 Å². The molecule has 4 rings (SSSR count). The van der Waals surface area contributed by atoms with Crippen LogP contribution in [0, 0.1) is 0 Å². The fourth-order valence-corrected chi connectivity index (χ4v) is 4.37. The highest BCUT2D eigenvalue weighted by molar-refractivity contribution is 5.95. The lowest BCUT2D eigenvalue weighted by Gasteiger charge is -2.35. The zero-order valence-corrected chi connectivity index (χ0v) is 19.2. The number of rotatable bonds is 6.